The lowest BCUT2D eigenvalue weighted by molar-refractivity contribution is -0.134. The fraction of sp³-hybridized carbons (Fsp3) is 0.364. The molecule has 1 fully saturated rings. The standard InChI is InChI=1S/C22H23N3O2S/c26-21-5-3-4-19-18-10-16(13-25(19)21)12-24(14-18)22(27)11-20(17-6-9-28-15-17)23-7-1-2-8-23/h1-9,15-16,18,20H,10-14H2/t16-,18+,20+/m1/s1. The number of hydrogen-bond acceptors (Lipinski definition) is 3. The maximum Gasteiger partial charge on any atom is 0.250 e. The van der Waals surface area contributed by atoms with Crippen LogP contribution in [0.3, 0.4) is 0 Å². The first kappa shape index (κ1) is 17.5. The molecule has 144 valence electrons. The molecule has 1 amide bonds. The van der Waals surface area contributed by atoms with E-state index in [1.54, 1.807) is 17.4 Å². The molecule has 0 radical (unpaired) electrons. The fourth-order valence-electron chi connectivity index (χ4n) is 4.81. The summed E-state index contributed by atoms with van der Waals surface area (Å²) in [6.07, 6.45) is 5.59. The summed E-state index contributed by atoms with van der Waals surface area (Å²) in [5, 5.41) is 4.20. The lowest BCUT2D eigenvalue weighted by Crippen LogP contribution is -2.49. The summed E-state index contributed by atoms with van der Waals surface area (Å²) in [4.78, 5) is 27.5. The first-order valence-electron chi connectivity index (χ1n) is 9.81. The van der Waals surface area contributed by atoms with Gasteiger partial charge in [-0.05, 0) is 52.9 Å². The van der Waals surface area contributed by atoms with Gasteiger partial charge in [0.1, 0.15) is 0 Å². The molecule has 6 heteroatoms. The Kier molecular flexibility index (Phi) is 4.43. The van der Waals surface area contributed by atoms with Crippen LogP contribution in [0.5, 0.6) is 0 Å². The number of fused-ring (bicyclic) bond motifs is 4. The van der Waals surface area contributed by atoms with Gasteiger partial charge in [0, 0.05) is 49.7 Å². The van der Waals surface area contributed by atoms with Crippen LogP contribution >= 0.6 is 11.3 Å². The Balaban J connectivity index is 1.37. The van der Waals surface area contributed by atoms with Crippen molar-refractivity contribution in [2.24, 2.45) is 5.92 Å². The molecule has 2 aliphatic heterocycles. The topological polar surface area (TPSA) is 47.2 Å². The number of carbonyl (C=O) groups excluding carboxylic acids is 1. The van der Waals surface area contributed by atoms with Crippen molar-refractivity contribution in [1.82, 2.24) is 14.0 Å². The van der Waals surface area contributed by atoms with Gasteiger partial charge >= 0.3 is 0 Å². The minimum atomic E-state index is 0.0328. The average Bonchev–Trinajstić information content (AvgIpc) is 3.41. The van der Waals surface area contributed by atoms with Crippen LogP contribution in [0.2, 0.25) is 0 Å². The molecular weight excluding hydrogens is 370 g/mol. The lowest BCUT2D eigenvalue weighted by Gasteiger charge is -2.43. The predicted octanol–water partition coefficient (Wildman–Crippen LogP) is 3.34. The summed E-state index contributed by atoms with van der Waals surface area (Å²) < 4.78 is 4.04. The molecule has 0 aromatic carbocycles. The van der Waals surface area contributed by atoms with Crippen LogP contribution in [0.25, 0.3) is 0 Å². The Morgan fingerprint density at radius 2 is 1.96 bits per heavy atom. The SMILES string of the molecule is O=C(C[C@@H](c1ccsc1)n1cccc1)N1C[C@H]2C[C@@H](C1)c1cccc(=O)n1C2. The molecule has 2 bridgehead atoms. The van der Waals surface area contributed by atoms with Crippen LogP contribution in [-0.2, 0) is 11.3 Å². The number of nitrogens with zero attached hydrogens (tertiary/aromatic N) is 3. The van der Waals surface area contributed by atoms with E-state index < -0.39 is 0 Å². The number of piperidine rings is 1. The largest absolute Gasteiger partial charge is 0.346 e. The number of likely N-dealkylation sites (tertiary alicyclic amines) is 1. The Morgan fingerprint density at radius 1 is 1.11 bits per heavy atom. The molecule has 0 aliphatic carbocycles. The monoisotopic (exact) mass is 393 g/mol. The highest BCUT2D eigenvalue weighted by atomic mass is 32.1. The molecule has 28 heavy (non-hydrogen) atoms. The Labute approximate surface area is 167 Å². The van der Waals surface area contributed by atoms with Gasteiger partial charge in [-0.1, -0.05) is 6.07 Å². The molecule has 0 unspecified atom stereocenters. The van der Waals surface area contributed by atoms with Crippen LogP contribution in [0.15, 0.2) is 64.3 Å². The normalized spacial score (nSPS) is 21.9. The molecule has 2 aliphatic rings. The van der Waals surface area contributed by atoms with E-state index in [2.05, 4.69) is 21.4 Å². The molecule has 3 aromatic rings. The van der Waals surface area contributed by atoms with Gasteiger partial charge in [0.15, 0.2) is 0 Å². The van der Waals surface area contributed by atoms with Gasteiger partial charge in [0.25, 0.3) is 5.56 Å². The van der Waals surface area contributed by atoms with Crippen molar-refractivity contribution in [2.75, 3.05) is 13.1 Å². The van der Waals surface area contributed by atoms with Gasteiger partial charge < -0.3 is 14.0 Å². The highest BCUT2D eigenvalue weighted by Gasteiger charge is 2.36. The van der Waals surface area contributed by atoms with E-state index in [0.717, 1.165) is 25.2 Å². The Bertz CT molecular complexity index is 988. The van der Waals surface area contributed by atoms with Crippen molar-refractivity contribution >= 4 is 17.2 Å². The molecule has 3 aromatic heterocycles. The molecule has 1 saturated heterocycles. The molecule has 3 atom stereocenters. The van der Waals surface area contributed by atoms with Crippen LogP contribution in [0.4, 0.5) is 0 Å². The number of carbonyl (C=O) groups is 1. The molecular formula is C22H23N3O2S. The minimum Gasteiger partial charge on any atom is -0.346 e. The van der Waals surface area contributed by atoms with Gasteiger partial charge in [-0.2, -0.15) is 11.3 Å². The summed E-state index contributed by atoms with van der Waals surface area (Å²) in [6.45, 7) is 2.18. The molecule has 5 rings (SSSR count). The summed E-state index contributed by atoms with van der Waals surface area (Å²) in [5.41, 5.74) is 2.35. The number of amides is 1. The van der Waals surface area contributed by atoms with E-state index in [4.69, 9.17) is 0 Å². The Hall–Kier alpha value is -2.60. The van der Waals surface area contributed by atoms with Crippen LogP contribution in [0.1, 0.15) is 36.1 Å². The van der Waals surface area contributed by atoms with Crippen LogP contribution < -0.4 is 5.56 Å². The number of aromatic nitrogens is 2. The van der Waals surface area contributed by atoms with Crippen molar-refractivity contribution < 1.29 is 4.79 Å². The number of rotatable bonds is 4. The second kappa shape index (κ2) is 7.09. The number of pyridine rings is 1. The van der Waals surface area contributed by atoms with Crippen molar-refractivity contribution in [3.05, 3.63) is 81.2 Å². The predicted molar refractivity (Wildman–Crippen MR) is 110 cm³/mol. The van der Waals surface area contributed by atoms with Crippen molar-refractivity contribution in [3.8, 4) is 0 Å². The highest BCUT2D eigenvalue weighted by Crippen LogP contribution is 2.36. The summed E-state index contributed by atoms with van der Waals surface area (Å²) >= 11 is 1.66. The first-order valence-corrected chi connectivity index (χ1v) is 10.8. The molecule has 5 heterocycles. The van der Waals surface area contributed by atoms with Crippen molar-refractivity contribution in [3.63, 3.8) is 0 Å². The molecule has 0 saturated carbocycles. The van der Waals surface area contributed by atoms with E-state index in [-0.39, 0.29) is 23.4 Å². The van der Waals surface area contributed by atoms with E-state index in [1.165, 1.54) is 5.56 Å². The summed E-state index contributed by atoms with van der Waals surface area (Å²) in [5.74, 6) is 0.823. The van der Waals surface area contributed by atoms with Gasteiger partial charge in [0.05, 0.1) is 12.5 Å². The summed E-state index contributed by atoms with van der Waals surface area (Å²) in [7, 11) is 0. The van der Waals surface area contributed by atoms with E-state index in [9.17, 15) is 9.59 Å². The third-order valence-corrected chi connectivity index (χ3v) is 6.82. The summed E-state index contributed by atoms with van der Waals surface area (Å²) in [6, 6.07) is 11.7. The van der Waals surface area contributed by atoms with Crippen molar-refractivity contribution in [2.45, 2.75) is 31.3 Å². The lowest BCUT2D eigenvalue weighted by atomic mass is 9.83. The zero-order chi connectivity index (χ0) is 19.1. The second-order valence-corrected chi connectivity index (χ2v) is 8.68. The zero-order valence-electron chi connectivity index (χ0n) is 15.6. The maximum atomic E-state index is 13.3. The Morgan fingerprint density at radius 3 is 2.75 bits per heavy atom. The van der Waals surface area contributed by atoms with Gasteiger partial charge in [-0.15, -0.1) is 0 Å². The van der Waals surface area contributed by atoms with E-state index in [0.29, 0.717) is 18.9 Å². The second-order valence-electron chi connectivity index (χ2n) is 7.90. The number of hydrogen-bond donors (Lipinski definition) is 0. The fourth-order valence-corrected chi connectivity index (χ4v) is 5.52. The van der Waals surface area contributed by atoms with Crippen LogP contribution in [0, 0.1) is 5.92 Å². The van der Waals surface area contributed by atoms with Crippen molar-refractivity contribution in [1.29, 1.82) is 0 Å². The number of thiophene rings is 1. The van der Waals surface area contributed by atoms with Gasteiger partial charge in [0.2, 0.25) is 5.91 Å². The highest BCUT2D eigenvalue weighted by molar-refractivity contribution is 7.08. The van der Waals surface area contributed by atoms with Gasteiger partial charge in [-0.25, -0.2) is 0 Å². The minimum absolute atomic E-state index is 0.0328. The smallest absolute Gasteiger partial charge is 0.250 e. The first-order chi connectivity index (χ1) is 13.7. The molecule has 0 N–H and O–H groups in total. The molecule has 5 nitrogen and oxygen atoms in total. The van der Waals surface area contributed by atoms with E-state index in [1.807, 2.05) is 46.1 Å². The quantitative estimate of drug-likeness (QED) is 0.683. The maximum absolute atomic E-state index is 13.3. The van der Waals surface area contributed by atoms with Gasteiger partial charge in [-0.3, -0.25) is 9.59 Å². The third-order valence-electron chi connectivity index (χ3n) is 6.12. The third kappa shape index (κ3) is 3.11. The van der Waals surface area contributed by atoms with E-state index >= 15 is 0 Å². The molecule has 0 spiro atoms. The average molecular weight is 394 g/mol. The zero-order valence-corrected chi connectivity index (χ0v) is 16.4. The van der Waals surface area contributed by atoms with Crippen LogP contribution in [-0.4, -0.2) is 33.0 Å².